The summed E-state index contributed by atoms with van der Waals surface area (Å²) in [6.07, 6.45) is 18.5. The monoisotopic (exact) mass is 398 g/mol. The lowest BCUT2D eigenvalue weighted by Crippen LogP contribution is -2.22. The van der Waals surface area contributed by atoms with Gasteiger partial charge in [-0.3, -0.25) is 0 Å². The molecule has 1 saturated carbocycles. The molecule has 0 aliphatic heterocycles. The highest BCUT2D eigenvalue weighted by molar-refractivity contribution is 7.80. The average Bonchev–Trinajstić information content (AvgIpc) is 2.66. The SMILES string of the molecule is C=C(CC1CCC(S)CC1)NCCOCCCCCCCCCCCNC. The molecule has 0 spiro atoms. The molecule has 1 aliphatic carbocycles. The van der Waals surface area contributed by atoms with Crippen LogP contribution in [-0.2, 0) is 4.74 Å². The first-order valence-electron chi connectivity index (χ1n) is 11.5. The summed E-state index contributed by atoms with van der Waals surface area (Å²) in [6.45, 7) is 7.95. The molecule has 27 heavy (non-hydrogen) atoms. The van der Waals surface area contributed by atoms with Crippen molar-refractivity contribution in [3.63, 3.8) is 0 Å². The topological polar surface area (TPSA) is 33.3 Å². The van der Waals surface area contributed by atoms with E-state index < -0.39 is 0 Å². The van der Waals surface area contributed by atoms with Crippen molar-refractivity contribution in [1.29, 1.82) is 0 Å². The van der Waals surface area contributed by atoms with Crippen LogP contribution in [0, 0.1) is 5.92 Å². The fourth-order valence-corrected chi connectivity index (χ4v) is 4.21. The highest BCUT2D eigenvalue weighted by Crippen LogP contribution is 2.30. The van der Waals surface area contributed by atoms with E-state index in [0.717, 1.165) is 32.1 Å². The molecule has 4 heteroatoms. The highest BCUT2D eigenvalue weighted by Gasteiger charge is 2.19. The molecular formula is C23H46N2OS. The van der Waals surface area contributed by atoms with E-state index >= 15 is 0 Å². The molecule has 0 heterocycles. The van der Waals surface area contributed by atoms with Gasteiger partial charge < -0.3 is 15.4 Å². The van der Waals surface area contributed by atoms with Crippen molar-refractivity contribution >= 4 is 12.6 Å². The van der Waals surface area contributed by atoms with Crippen LogP contribution in [0.4, 0.5) is 0 Å². The van der Waals surface area contributed by atoms with Gasteiger partial charge in [0.2, 0.25) is 0 Å². The molecule has 0 aromatic rings. The van der Waals surface area contributed by atoms with Crippen molar-refractivity contribution in [2.75, 3.05) is 33.4 Å². The molecule has 3 nitrogen and oxygen atoms in total. The van der Waals surface area contributed by atoms with Gasteiger partial charge in [-0.25, -0.2) is 0 Å². The summed E-state index contributed by atoms with van der Waals surface area (Å²) < 4.78 is 5.75. The van der Waals surface area contributed by atoms with Crippen molar-refractivity contribution in [2.45, 2.75) is 95.1 Å². The van der Waals surface area contributed by atoms with E-state index in [-0.39, 0.29) is 0 Å². The summed E-state index contributed by atoms with van der Waals surface area (Å²) in [5, 5.41) is 7.28. The summed E-state index contributed by atoms with van der Waals surface area (Å²) in [4.78, 5) is 0. The molecule has 1 aliphatic rings. The Morgan fingerprint density at radius 3 is 2.07 bits per heavy atom. The molecular weight excluding hydrogens is 352 g/mol. The van der Waals surface area contributed by atoms with Crippen molar-refractivity contribution in [1.82, 2.24) is 10.6 Å². The number of hydrogen-bond donors (Lipinski definition) is 3. The maximum atomic E-state index is 5.75. The van der Waals surface area contributed by atoms with Gasteiger partial charge in [0, 0.05) is 24.1 Å². The van der Waals surface area contributed by atoms with E-state index in [9.17, 15) is 0 Å². The molecule has 0 unspecified atom stereocenters. The molecule has 0 amide bonds. The largest absolute Gasteiger partial charge is 0.386 e. The van der Waals surface area contributed by atoms with Crippen LogP contribution in [-0.4, -0.2) is 38.6 Å². The lowest BCUT2D eigenvalue weighted by molar-refractivity contribution is 0.133. The Bertz CT molecular complexity index is 343. The van der Waals surface area contributed by atoms with Crippen LogP contribution in [0.3, 0.4) is 0 Å². The van der Waals surface area contributed by atoms with Crippen LogP contribution >= 0.6 is 12.6 Å². The third-order valence-electron chi connectivity index (χ3n) is 5.69. The van der Waals surface area contributed by atoms with Crippen LogP contribution < -0.4 is 10.6 Å². The summed E-state index contributed by atoms with van der Waals surface area (Å²) in [6, 6.07) is 0. The molecule has 0 saturated heterocycles. The summed E-state index contributed by atoms with van der Waals surface area (Å²) in [5.74, 6) is 0.808. The Morgan fingerprint density at radius 2 is 1.44 bits per heavy atom. The van der Waals surface area contributed by atoms with Gasteiger partial charge in [-0.15, -0.1) is 0 Å². The second-order valence-electron chi connectivity index (χ2n) is 8.31. The molecule has 160 valence electrons. The predicted molar refractivity (Wildman–Crippen MR) is 123 cm³/mol. The minimum Gasteiger partial charge on any atom is -0.386 e. The van der Waals surface area contributed by atoms with Gasteiger partial charge in [0.25, 0.3) is 0 Å². The summed E-state index contributed by atoms with van der Waals surface area (Å²) >= 11 is 4.58. The van der Waals surface area contributed by atoms with Crippen molar-refractivity contribution < 1.29 is 4.74 Å². The zero-order chi connectivity index (χ0) is 19.6. The summed E-state index contributed by atoms with van der Waals surface area (Å²) in [7, 11) is 2.04. The highest BCUT2D eigenvalue weighted by atomic mass is 32.1. The first-order chi connectivity index (χ1) is 13.2. The first-order valence-corrected chi connectivity index (χ1v) is 12.1. The van der Waals surface area contributed by atoms with Gasteiger partial charge in [0.05, 0.1) is 6.61 Å². The van der Waals surface area contributed by atoms with Crippen LogP contribution in [0.15, 0.2) is 12.3 Å². The molecule has 0 aromatic heterocycles. The van der Waals surface area contributed by atoms with Gasteiger partial charge in [-0.1, -0.05) is 51.5 Å². The van der Waals surface area contributed by atoms with Gasteiger partial charge >= 0.3 is 0 Å². The van der Waals surface area contributed by atoms with Gasteiger partial charge in [0.1, 0.15) is 0 Å². The molecule has 0 atom stereocenters. The van der Waals surface area contributed by atoms with Crippen LogP contribution in [0.25, 0.3) is 0 Å². The molecule has 0 aromatic carbocycles. The number of rotatable bonds is 18. The van der Waals surface area contributed by atoms with Crippen molar-refractivity contribution in [3.8, 4) is 0 Å². The Hall–Kier alpha value is -0.190. The van der Waals surface area contributed by atoms with Gasteiger partial charge in [-0.05, 0) is 64.5 Å². The average molecular weight is 399 g/mol. The number of allylic oxidation sites excluding steroid dienone is 1. The van der Waals surface area contributed by atoms with E-state index in [4.69, 9.17) is 4.74 Å². The molecule has 1 fully saturated rings. The van der Waals surface area contributed by atoms with E-state index in [1.54, 1.807) is 0 Å². The number of thiol groups is 1. The minimum atomic E-state index is 0.629. The normalized spacial score (nSPS) is 19.9. The van der Waals surface area contributed by atoms with E-state index in [1.807, 2.05) is 7.05 Å². The van der Waals surface area contributed by atoms with Crippen molar-refractivity contribution in [3.05, 3.63) is 12.3 Å². The zero-order valence-electron chi connectivity index (χ0n) is 17.9. The smallest absolute Gasteiger partial charge is 0.0638 e. The zero-order valence-corrected chi connectivity index (χ0v) is 18.8. The van der Waals surface area contributed by atoms with E-state index in [2.05, 4.69) is 29.8 Å². The van der Waals surface area contributed by atoms with Crippen LogP contribution in [0.1, 0.15) is 89.9 Å². The Kier molecular flexibility index (Phi) is 16.5. The standard InChI is InChI=1S/C23H46N2OS/c1-21(20-22-12-14-23(27)15-13-22)25-17-19-26-18-11-9-7-5-3-4-6-8-10-16-24-2/h22-25,27H,1,3-20H2,2H3. The Balaban J connectivity index is 1.75. The molecule has 0 bridgehead atoms. The molecule has 1 rings (SSSR count). The number of nitrogens with one attached hydrogen (secondary N) is 2. The minimum absolute atomic E-state index is 0.629. The lowest BCUT2D eigenvalue weighted by atomic mass is 9.86. The third-order valence-corrected chi connectivity index (χ3v) is 6.20. The predicted octanol–water partition coefficient (Wildman–Crippen LogP) is 5.72. The number of ether oxygens (including phenoxy) is 1. The Morgan fingerprint density at radius 1 is 0.852 bits per heavy atom. The maximum Gasteiger partial charge on any atom is 0.0638 e. The Labute approximate surface area is 174 Å². The van der Waals surface area contributed by atoms with Gasteiger partial charge in [0.15, 0.2) is 0 Å². The summed E-state index contributed by atoms with van der Waals surface area (Å²) in [5.41, 5.74) is 1.19. The third kappa shape index (κ3) is 15.4. The number of unbranched alkanes of at least 4 members (excludes halogenated alkanes) is 8. The molecule has 2 N–H and O–H groups in total. The van der Waals surface area contributed by atoms with E-state index in [1.165, 1.54) is 95.7 Å². The van der Waals surface area contributed by atoms with E-state index in [0.29, 0.717) is 5.25 Å². The fraction of sp³-hybridized carbons (Fsp3) is 0.913. The maximum absolute atomic E-state index is 5.75. The van der Waals surface area contributed by atoms with Crippen molar-refractivity contribution in [2.24, 2.45) is 5.92 Å². The second-order valence-corrected chi connectivity index (χ2v) is 9.04. The second kappa shape index (κ2) is 17.9. The lowest BCUT2D eigenvalue weighted by Gasteiger charge is -2.26. The number of hydrogen-bond acceptors (Lipinski definition) is 4. The molecule has 0 radical (unpaired) electrons. The van der Waals surface area contributed by atoms with Crippen LogP contribution in [0.2, 0.25) is 0 Å². The first kappa shape index (κ1) is 24.8. The van der Waals surface area contributed by atoms with Gasteiger partial charge in [-0.2, -0.15) is 12.6 Å². The fourth-order valence-electron chi connectivity index (χ4n) is 3.91. The quantitative estimate of drug-likeness (QED) is 0.204. The van der Waals surface area contributed by atoms with Crippen LogP contribution in [0.5, 0.6) is 0 Å².